The first-order valence-electron chi connectivity index (χ1n) is 9.23. The molecule has 0 fully saturated rings. The third-order valence-corrected chi connectivity index (χ3v) is 5.56. The summed E-state index contributed by atoms with van der Waals surface area (Å²) >= 11 is 13.0. The lowest BCUT2D eigenvalue weighted by Crippen LogP contribution is -2.32. The van der Waals surface area contributed by atoms with Crippen molar-refractivity contribution in [3.8, 4) is 0 Å². The lowest BCUT2D eigenvalue weighted by Gasteiger charge is -2.08. The van der Waals surface area contributed by atoms with E-state index in [1.165, 1.54) is 29.5 Å². The minimum absolute atomic E-state index is 0.137. The van der Waals surface area contributed by atoms with Gasteiger partial charge in [-0.2, -0.15) is 0 Å². The van der Waals surface area contributed by atoms with Gasteiger partial charge in [-0.15, -0.1) is 11.3 Å². The van der Waals surface area contributed by atoms with Crippen molar-refractivity contribution in [2.75, 3.05) is 25.1 Å². The highest BCUT2D eigenvalue weighted by Crippen LogP contribution is 2.29. The largest absolute Gasteiger partial charge is 0.462 e. The molecule has 0 radical (unpaired) electrons. The fraction of sp³-hybridized carbons (Fsp3) is 0.300. The quantitative estimate of drug-likeness (QED) is 0.522. The fourth-order valence-electron chi connectivity index (χ4n) is 2.35. The average molecular weight is 487 g/mol. The number of halogens is 2. The predicted octanol–water partition coefficient (Wildman–Crippen LogP) is 3.71. The average Bonchev–Trinajstić information content (AvgIpc) is 3.13. The van der Waals surface area contributed by atoms with Crippen LogP contribution in [0.2, 0.25) is 10.0 Å². The standard InChI is InChI=1S/C20H20Cl2N2O6S/c1-3-12-8-14(20(28)29-4-2)19(31-12)24-16(25)10-30-17(26)9-23-18(27)13-6-5-11(21)7-15(13)22/h5-8H,3-4,9-10H2,1-2H3,(H,23,27)(H,24,25). The summed E-state index contributed by atoms with van der Waals surface area (Å²) in [5, 5.41) is 5.73. The normalized spacial score (nSPS) is 10.3. The maximum Gasteiger partial charge on any atom is 0.341 e. The predicted molar refractivity (Wildman–Crippen MR) is 118 cm³/mol. The van der Waals surface area contributed by atoms with Crippen molar-refractivity contribution in [1.29, 1.82) is 0 Å². The Morgan fingerprint density at radius 2 is 1.77 bits per heavy atom. The molecule has 1 aromatic heterocycles. The molecule has 0 spiro atoms. The molecule has 0 bridgehead atoms. The van der Waals surface area contributed by atoms with Gasteiger partial charge in [0.1, 0.15) is 11.5 Å². The van der Waals surface area contributed by atoms with Crippen molar-refractivity contribution in [2.24, 2.45) is 0 Å². The first-order valence-corrected chi connectivity index (χ1v) is 10.8. The van der Waals surface area contributed by atoms with Crippen LogP contribution < -0.4 is 10.6 Å². The number of thiophene rings is 1. The number of hydrogen-bond donors (Lipinski definition) is 2. The van der Waals surface area contributed by atoms with Gasteiger partial charge in [-0.05, 0) is 37.6 Å². The van der Waals surface area contributed by atoms with Crippen LogP contribution in [0.1, 0.15) is 39.4 Å². The highest BCUT2D eigenvalue weighted by molar-refractivity contribution is 7.16. The Morgan fingerprint density at radius 3 is 2.42 bits per heavy atom. The minimum atomic E-state index is -0.820. The van der Waals surface area contributed by atoms with Gasteiger partial charge in [-0.3, -0.25) is 14.4 Å². The van der Waals surface area contributed by atoms with Crippen molar-refractivity contribution < 1.29 is 28.7 Å². The van der Waals surface area contributed by atoms with E-state index >= 15 is 0 Å². The summed E-state index contributed by atoms with van der Waals surface area (Å²) in [6, 6.07) is 5.97. The van der Waals surface area contributed by atoms with Gasteiger partial charge < -0.3 is 20.1 Å². The molecule has 0 saturated heterocycles. The Hall–Kier alpha value is -2.62. The fourth-order valence-corrected chi connectivity index (χ4v) is 3.85. The van der Waals surface area contributed by atoms with E-state index in [0.29, 0.717) is 16.4 Å². The molecule has 0 unspecified atom stereocenters. The van der Waals surface area contributed by atoms with Crippen molar-refractivity contribution in [2.45, 2.75) is 20.3 Å². The summed E-state index contributed by atoms with van der Waals surface area (Å²) in [4.78, 5) is 49.0. The van der Waals surface area contributed by atoms with Gasteiger partial charge in [-0.25, -0.2) is 4.79 Å². The van der Waals surface area contributed by atoms with Crippen LogP contribution in [0.25, 0.3) is 0 Å². The molecule has 2 N–H and O–H groups in total. The van der Waals surface area contributed by atoms with Gasteiger partial charge in [0.15, 0.2) is 6.61 Å². The van der Waals surface area contributed by atoms with Crippen LogP contribution in [-0.4, -0.2) is 43.5 Å². The molecule has 2 rings (SSSR count). The van der Waals surface area contributed by atoms with Crippen LogP contribution in [0, 0.1) is 0 Å². The van der Waals surface area contributed by atoms with Gasteiger partial charge >= 0.3 is 11.9 Å². The molecular formula is C20H20Cl2N2O6S. The molecule has 0 atom stereocenters. The monoisotopic (exact) mass is 486 g/mol. The van der Waals surface area contributed by atoms with E-state index in [-0.39, 0.29) is 22.8 Å². The number of carbonyl (C=O) groups excluding carboxylic acids is 4. The molecule has 0 saturated carbocycles. The zero-order chi connectivity index (χ0) is 23.0. The zero-order valence-corrected chi connectivity index (χ0v) is 19.1. The maximum absolute atomic E-state index is 12.1. The summed E-state index contributed by atoms with van der Waals surface area (Å²) in [7, 11) is 0. The molecule has 1 heterocycles. The molecular weight excluding hydrogens is 467 g/mol. The van der Waals surface area contributed by atoms with Crippen LogP contribution in [0.5, 0.6) is 0 Å². The highest BCUT2D eigenvalue weighted by atomic mass is 35.5. The number of anilines is 1. The summed E-state index contributed by atoms with van der Waals surface area (Å²) in [6.45, 7) is 2.76. The number of hydrogen-bond acceptors (Lipinski definition) is 7. The Morgan fingerprint density at radius 1 is 1.03 bits per heavy atom. The van der Waals surface area contributed by atoms with Gasteiger partial charge in [0.2, 0.25) is 0 Å². The van der Waals surface area contributed by atoms with Gasteiger partial charge in [0.05, 0.1) is 22.8 Å². The van der Waals surface area contributed by atoms with Crippen molar-refractivity contribution in [3.63, 3.8) is 0 Å². The topological polar surface area (TPSA) is 111 Å². The molecule has 0 aliphatic carbocycles. The Kier molecular flexibility index (Phi) is 9.29. The molecule has 166 valence electrons. The Labute approximate surface area is 192 Å². The lowest BCUT2D eigenvalue weighted by molar-refractivity contribution is -0.146. The van der Waals surface area contributed by atoms with Crippen molar-refractivity contribution >= 4 is 63.3 Å². The highest BCUT2D eigenvalue weighted by Gasteiger charge is 2.19. The van der Waals surface area contributed by atoms with Gasteiger partial charge in [-0.1, -0.05) is 30.1 Å². The summed E-state index contributed by atoms with van der Waals surface area (Å²) in [6.07, 6.45) is 0.680. The number of benzene rings is 1. The first kappa shape index (κ1) is 24.6. The summed E-state index contributed by atoms with van der Waals surface area (Å²) in [5.41, 5.74) is 0.392. The van der Waals surface area contributed by atoms with E-state index in [4.69, 9.17) is 32.7 Å². The van der Waals surface area contributed by atoms with E-state index in [9.17, 15) is 19.2 Å². The molecule has 2 amide bonds. The van der Waals surface area contributed by atoms with E-state index in [2.05, 4.69) is 10.6 Å². The zero-order valence-electron chi connectivity index (χ0n) is 16.8. The van der Waals surface area contributed by atoms with E-state index < -0.39 is 36.9 Å². The van der Waals surface area contributed by atoms with Crippen LogP contribution in [0.15, 0.2) is 24.3 Å². The number of rotatable bonds is 9. The van der Waals surface area contributed by atoms with Gasteiger partial charge in [0.25, 0.3) is 11.8 Å². The van der Waals surface area contributed by atoms with Crippen molar-refractivity contribution in [3.05, 3.63) is 50.3 Å². The molecule has 0 aliphatic rings. The summed E-state index contributed by atoms with van der Waals surface area (Å²) in [5.74, 6) is -2.59. The Bertz CT molecular complexity index is 992. The molecule has 2 aromatic rings. The van der Waals surface area contributed by atoms with E-state index in [0.717, 1.165) is 4.88 Å². The molecule has 1 aromatic carbocycles. The first-order chi connectivity index (χ1) is 14.7. The molecule has 0 aliphatic heterocycles. The summed E-state index contributed by atoms with van der Waals surface area (Å²) < 4.78 is 9.85. The SMILES string of the molecule is CCOC(=O)c1cc(CC)sc1NC(=O)COC(=O)CNC(=O)c1ccc(Cl)cc1Cl. The third-order valence-electron chi connectivity index (χ3n) is 3.81. The van der Waals surface area contributed by atoms with E-state index in [1.807, 2.05) is 6.92 Å². The number of ether oxygens (including phenoxy) is 2. The second kappa shape index (κ2) is 11.7. The van der Waals surface area contributed by atoms with Crippen LogP contribution in [0.4, 0.5) is 5.00 Å². The van der Waals surface area contributed by atoms with E-state index in [1.54, 1.807) is 13.0 Å². The number of aryl methyl sites for hydroxylation is 1. The Balaban J connectivity index is 1.86. The number of esters is 2. The van der Waals surface area contributed by atoms with Crippen LogP contribution in [-0.2, 0) is 25.5 Å². The minimum Gasteiger partial charge on any atom is -0.462 e. The molecule has 11 heteroatoms. The second-order valence-electron chi connectivity index (χ2n) is 6.05. The number of carbonyl (C=O) groups is 4. The van der Waals surface area contributed by atoms with Crippen LogP contribution in [0.3, 0.4) is 0 Å². The number of nitrogens with one attached hydrogen (secondary N) is 2. The molecule has 8 nitrogen and oxygen atoms in total. The molecule has 31 heavy (non-hydrogen) atoms. The second-order valence-corrected chi connectivity index (χ2v) is 8.03. The third kappa shape index (κ3) is 7.23. The maximum atomic E-state index is 12.1. The lowest BCUT2D eigenvalue weighted by atomic mass is 10.2. The van der Waals surface area contributed by atoms with Gasteiger partial charge in [0, 0.05) is 9.90 Å². The number of amides is 2. The smallest absolute Gasteiger partial charge is 0.341 e. The van der Waals surface area contributed by atoms with Crippen LogP contribution >= 0.6 is 34.5 Å². The van der Waals surface area contributed by atoms with Crippen molar-refractivity contribution in [1.82, 2.24) is 5.32 Å².